The van der Waals surface area contributed by atoms with Crippen LogP contribution in [0.2, 0.25) is 0 Å². The van der Waals surface area contributed by atoms with E-state index in [2.05, 4.69) is 10.3 Å². The van der Waals surface area contributed by atoms with E-state index in [1.165, 1.54) is 0 Å². The number of carboxylic acids is 1. The summed E-state index contributed by atoms with van der Waals surface area (Å²) in [6, 6.07) is 3.70. The van der Waals surface area contributed by atoms with Crippen molar-refractivity contribution in [1.29, 1.82) is 0 Å². The van der Waals surface area contributed by atoms with Crippen molar-refractivity contribution in [3.05, 3.63) is 35.5 Å². The molecule has 4 atom stereocenters. The largest absolute Gasteiger partial charge is 0.550 e. The van der Waals surface area contributed by atoms with E-state index >= 15 is 0 Å². The van der Waals surface area contributed by atoms with E-state index < -0.39 is 17.8 Å². The minimum absolute atomic E-state index is 0.0104. The number of carbonyl (C=O) groups excluding carboxylic acids is 2. The van der Waals surface area contributed by atoms with Crippen molar-refractivity contribution >= 4 is 17.7 Å². The predicted octanol–water partition coefficient (Wildman–Crippen LogP) is 0.825. The molecule has 1 heterocycles. The monoisotopic (exact) mass is 285 g/mol. The lowest BCUT2D eigenvalue weighted by Gasteiger charge is -2.27. The van der Waals surface area contributed by atoms with Crippen molar-refractivity contribution in [2.24, 2.45) is 23.7 Å². The molecular weight excluding hydrogens is 268 g/mol. The molecule has 5 heteroatoms. The quantitative estimate of drug-likeness (QED) is 0.834. The van der Waals surface area contributed by atoms with Gasteiger partial charge in [-0.15, -0.1) is 0 Å². The number of carboxylic acid groups (broad SMARTS) is 1. The van der Waals surface area contributed by atoms with Gasteiger partial charge in [-0.05, 0) is 49.8 Å². The van der Waals surface area contributed by atoms with Crippen molar-refractivity contribution in [1.82, 2.24) is 4.98 Å². The third-order valence-electron chi connectivity index (χ3n) is 4.38. The first-order valence-corrected chi connectivity index (χ1v) is 7.11. The van der Waals surface area contributed by atoms with Crippen LogP contribution in [0.5, 0.6) is 0 Å². The lowest BCUT2D eigenvalue weighted by atomic mass is 9.82. The molecule has 0 saturated heterocycles. The van der Waals surface area contributed by atoms with Crippen LogP contribution in [0.4, 0.5) is 5.82 Å². The number of anilines is 1. The Hall–Kier alpha value is -2.17. The molecule has 1 saturated carbocycles. The Kier molecular flexibility index (Phi) is 3.27. The normalized spacial score (nSPS) is 29.6. The first kappa shape index (κ1) is 13.8. The first-order valence-electron chi connectivity index (χ1n) is 7.11. The topological polar surface area (TPSA) is 82.1 Å². The fourth-order valence-corrected chi connectivity index (χ4v) is 3.62. The van der Waals surface area contributed by atoms with Crippen molar-refractivity contribution in [3.8, 4) is 0 Å². The standard InChI is InChI=1S/C16H18N2O3/c1-8-5-9(2)17-12(6-8)18-15(19)13-10-3-4-11(7-10)14(13)16(20)21/h3-6,10-11,13-14H,7H2,1-2H3,(H,20,21)(H,17,18,19)/p-1/t10-,11+,13-,14+/m1/s1. The minimum Gasteiger partial charge on any atom is -0.550 e. The number of fused-ring (bicyclic) bond motifs is 2. The average molecular weight is 285 g/mol. The maximum Gasteiger partial charge on any atom is 0.229 e. The molecule has 1 aromatic heterocycles. The van der Waals surface area contributed by atoms with Gasteiger partial charge in [-0.2, -0.15) is 0 Å². The van der Waals surface area contributed by atoms with Gasteiger partial charge in [0.1, 0.15) is 5.82 Å². The van der Waals surface area contributed by atoms with Gasteiger partial charge in [-0.25, -0.2) is 4.98 Å². The molecule has 0 radical (unpaired) electrons. The van der Waals surface area contributed by atoms with Gasteiger partial charge in [-0.3, -0.25) is 4.79 Å². The molecule has 2 aliphatic rings. The van der Waals surface area contributed by atoms with Gasteiger partial charge in [0.2, 0.25) is 5.91 Å². The number of aryl methyl sites for hydroxylation is 2. The van der Waals surface area contributed by atoms with Crippen molar-refractivity contribution in [3.63, 3.8) is 0 Å². The lowest BCUT2D eigenvalue weighted by molar-refractivity contribution is -0.313. The molecule has 1 N–H and O–H groups in total. The number of aliphatic carboxylic acids is 1. The highest BCUT2D eigenvalue weighted by molar-refractivity contribution is 5.95. The van der Waals surface area contributed by atoms with Crippen molar-refractivity contribution < 1.29 is 14.7 Å². The third-order valence-corrected chi connectivity index (χ3v) is 4.38. The van der Waals surface area contributed by atoms with Crippen LogP contribution in [0.1, 0.15) is 17.7 Å². The van der Waals surface area contributed by atoms with Crippen LogP contribution >= 0.6 is 0 Å². The number of nitrogens with one attached hydrogen (secondary N) is 1. The molecule has 2 aliphatic carbocycles. The Bertz CT molecular complexity index is 618. The summed E-state index contributed by atoms with van der Waals surface area (Å²) in [5.41, 5.74) is 1.82. The van der Waals surface area contributed by atoms with E-state index in [1.807, 2.05) is 32.1 Å². The number of hydrogen-bond donors (Lipinski definition) is 1. The summed E-state index contributed by atoms with van der Waals surface area (Å²) >= 11 is 0. The SMILES string of the molecule is Cc1cc(C)nc(NC(=O)[C@H]2[C@@H](C(=O)[O-])[C@H]3C=C[C@@H]2C3)c1. The number of aromatic nitrogens is 1. The molecule has 5 nitrogen and oxygen atoms in total. The fourth-order valence-electron chi connectivity index (χ4n) is 3.62. The maximum atomic E-state index is 12.5. The second-order valence-electron chi connectivity index (χ2n) is 5.98. The number of nitrogens with zero attached hydrogens (tertiary/aromatic N) is 1. The Morgan fingerprint density at radius 3 is 2.48 bits per heavy atom. The van der Waals surface area contributed by atoms with Crippen LogP contribution in [-0.2, 0) is 9.59 Å². The molecule has 0 aromatic carbocycles. The summed E-state index contributed by atoms with van der Waals surface area (Å²) < 4.78 is 0. The van der Waals surface area contributed by atoms with Gasteiger partial charge < -0.3 is 15.2 Å². The fraction of sp³-hybridized carbons (Fsp3) is 0.438. The smallest absolute Gasteiger partial charge is 0.229 e. The summed E-state index contributed by atoms with van der Waals surface area (Å²) in [5.74, 6) is -2.33. The molecule has 0 unspecified atom stereocenters. The van der Waals surface area contributed by atoms with Gasteiger partial charge in [0, 0.05) is 17.6 Å². The van der Waals surface area contributed by atoms with E-state index in [4.69, 9.17) is 0 Å². The van der Waals surface area contributed by atoms with Gasteiger partial charge in [0.15, 0.2) is 0 Å². The highest BCUT2D eigenvalue weighted by Crippen LogP contribution is 2.48. The maximum absolute atomic E-state index is 12.5. The lowest BCUT2D eigenvalue weighted by Crippen LogP contribution is -2.43. The zero-order valence-electron chi connectivity index (χ0n) is 12.0. The van der Waals surface area contributed by atoms with Crippen LogP contribution in [0.3, 0.4) is 0 Å². The number of amides is 1. The zero-order chi connectivity index (χ0) is 15.1. The molecule has 0 aliphatic heterocycles. The number of pyridine rings is 1. The minimum atomic E-state index is -1.14. The Morgan fingerprint density at radius 2 is 1.86 bits per heavy atom. The number of hydrogen-bond acceptors (Lipinski definition) is 4. The molecule has 3 rings (SSSR count). The van der Waals surface area contributed by atoms with Crippen LogP contribution in [-0.4, -0.2) is 16.9 Å². The zero-order valence-corrected chi connectivity index (χ0v) is 12.0. The van der Waals surface area contributed by atoms with E-state index in [-0.39, 0.29) is 17.7 Å². The van der Waals surface area contributed by atoms with Gasteiger partial charge >= 0.3 is 0 Å². The van der Waals surface area contributed by atoms with E-state index in [9.17, 15) is 14.7 Å². The molecule has 1 amide bonds. The van der Waals surface area contributed by atoms with Gasteiger partial charge in [-0.1, -0.05) is 12.2 Å². The molecular formula is C16H17N2O3-. The van der Waals surface area contributed by atoms with E-state index in [0.29, 0.717) is 5.82 Å². The molecule has 1 aromatic rings. The number of carbonyl (C=O) groups is 2. The molecule has 0 spiro atoms. The van der Waals surface area contributed by atoms with E-state index in [1.54, 1.807) is 6.07 Å². The summed E-state index contributed by atoms with van der Waals surface area (Å²) in [5, 5.41) is 14.1. The molecule has 21 heavy (non-hydrogen) atoms. The van der Waals surface area contributed by atoms with Crippen LogP contribution in [0.25, 0.3) is 0 Å². The predicted molar refractivity (Wildman–Crippen MR) is 75.1 cm³/mol. The van der Waals surface area contributed by atoms with Crippen LogP contribution in [0, 0.1) is 37.5 Å². The van der Waals surface area contributed by atoms with Crippen LogP contribution < -0.4 is 10.4 Å². The van der Waals surface area contributed by atoms with Gasteiger partial charge in [0.25, 0.3) is 0 Å². The summed E-state index contributed by atoms with van der Waals surface area (Å²) in [4.78, 5) is 28.1. The molecule has 110 valence electrons. The summed E-state index contributed by atoms with van der Waals surface area (Å²) in [6.45, 7) is 3.78. The average Bonchev–Trinajstić information content (AvgIpc) is 2.96. The van der Waals surface area contributed by atoms with Gasteiger partial charge in [0.05, 0.1) is 5.92 Å². The van der Waals surface area contributed by atoms with E-state index in [0.717, 1.165) is 17.7 Å². The first-order chi connectivity index (χ1) is 9.95. The summed E-state index contributed by atoms with van der Waals surface area (Å²) in [7, 11) is 0. The highest BCUT2D eigenvalue weighted by atomic mass is 16.4. The number of allylic oxidation sites excluding steroid dienone is 2. The second-order valence-corrected chi connectivity index (χ2v) is 5.98. The second kappa shape index (κ2) is 4.98. The van der Waals surface area contributed by atoms with Crippen molar-refractivity contribution in [2.45, 2.75) is 20.3 Å². The third kappa shape index (κ3) is 2.44. The Balaban J connectivity index is 1.82. The Morgan fingerprint density at radius 1 is 1.19 bits per heavy atom. The molecule has 2 bridgehead atoms. The Labute approximate surface area is 123 Å². The van der Waals surface area contributed by atoms with Crippen LogP contribution in [0.15, 0.2) is 24.3 Å². The molecule has 1 fully saturated rings. The number of rotatable bonds is 3. The van der Waals surface area contributed by atoms with Crippen molar-refractivity contribution in [2.75, 3.05) is 5.32 Å². The highest BCUT2D eigenvalue weighted by Gasteiger charge is 2.48. The summed E-state index contributed by atoms with van der Waals surface area (Å²) in [6.07, 6.45) is 4.56.